The van der Waals surface area contributed by atoms with Crippen molar-refractivity contribution >= 4 is 5.96 Å². The molecule has 2 aromatic rings. The van der Waals surface area contributed by atoms with Crippen LogP contribution in [0, 0.1) is 5.82 Å². The van der Waals surface area contributed by atoms with Crippen molar-refractivity contribution in [2.24, 2.45) is 4.99 Å². The van der Waals surface area contributed by atoms with Crippen LogP contribution in [0.1, 0.15) is 57.9 Å². The summed E-state index contributed by atoms with van der Waals surface area (Å²) in [7, 11) is 0. The van der Waals surface area contributed by atoms with Crippen molar-refractivity contribution in [1.82, 2.24) is 15.2 Å². The Bertz CT molecular complexity index is 826. The van der Waals surface area contributed by atoms with Crippen LogP contribution in [-0.4, -0.2) is 41.6 Å². The average Bonchev–Trinajstić information content (AvgIpc) is 3.15. The highest BCUT2D eigenvalue weighted by atomic mass is 19.1. The van der Waals surface area contributed by atoms with Gasteiger partial charge in [0.25, 0.3) is 0 Å². The van der Waals surface area contributed by atoms with Crippen molar-refractivity contribution < 1.29 is 13.5 Å². The topological polar surface area (TPSA) is 62.9 Å². The number of hydrogen-bond acceptors (Lipinski definition) is 4. The first-order chi connectivity index (χ1) is 13.8. The first-order valence-electron chi connectivity index (χ1n) is 10.2. The van der Waals surface area contributed by atoms with Crippen molar-refractivity contribution in [2.45, 2.75) is 58.8 Å². The molecule has 1 aromatic heterocycles. The van der Waals surface area contributed by atoms with Gasteiger partial charge in [-0.2, -0.15) is 0 Å². The fraction of sp³-hybridized carbons (Fsp3) is 0.545. The first kappa shape index (κ1) is 21.3. The van der Waals surface area contributed by atoms with E-state index in [9.17, 15) is 4.39 Å². The van der Waals surface area contributed by atoms with Gasteiger partial charge >= 0.3 is 0 Å². The van der Waals surface area contributed by atoms with Crippen molar-refractivity contribution in [3.05, 3.63) is 53.5 Å². The van der Waals surface area contributed by atoms with Gasteiger partial charge in [0.15, 0.2) is 5.96 Å². The number of oxazole rings is 1. The van der Waals surface area contributed by atoms with Gasteiger partial charge in [0.1, 0.15) is 24.2 Å². The summed E-state index contributed by atoms with van der Waals surface area (Å²) in [6.07, 6.45) is 1.66. The number of hydrogen-bond donors (Lipinski definition) is 1. The molecule has 0 bridgehead atoms. The predicted molar refractivity (Wildman–Crippen MR) is 111 cm³/mol. The fourth-order valence-corrected chi connectivity index (χ4v) is 3.28. The van der Waals surface area contributed by atoms with Gasteiger partial charge in [0.05, 0.1) is 18.8 Å². The number of aromatic nitrogens is 1. The summed E-state index contributed by atoms with van der Waals surface area (Å²) in [5.74, 6) is 2.00. The van der Waals surface area contributed by atoms with E-state index in [0.29, 0.717) is 19.0 Å². The molecule has 0 aliphatic carbocycles. The number of ether oxygens (including phenoxy) is 1. The Kier molecular flexibility index (Phi) is 6.57. The number of rotatable bonds is 4. The lowest BCUT2D eigenvalue weighted by Gasteiger charge is -2.38. The Labute approximate surface area is 172 Å². The van der Waals surface area contributed by atoms with E-state index in [4.69, 9.17) is 14.1 Å². The molecule has 0 amide bonds. The average molecular weight is 403 g/mol. The summed E-state index contributed by atoms with van der Waals surface area (Å²) in [4.78, 5) is 11.3. The number of benzene rings is 1. The van der Waals surface area contributed by atoms with Crippen LogP contribution in [0.4, 0.5) is 4.39 Å². The van der Waals surface area contributed by atoms with Crippen LogP contribution in [-0.2, 0) is 16.7 Å². The third kappa shape index (κ3) is 5.56. The van der Waals surface area contributed by atoms with Crippen LogP contribution in [0.5, 0.6) is 0 Å². The third-order valence-corrected chi connectivity index (χ3v) is 4.79. The molecule has 6 nitrogen and oxygen atoms in total. The van der Waals surface area contributed by atoms with E-state index < -0.39 is 0 Å². The molecule has 1 fully saturated rings. The smallest absolute Gasteiger partial charge is 0.216 e. The number of morpholine rings is 1. The molecule has 158 valence electrons. The third-order valence-electron chi connectivity index (χ3n) is 4.79. The monoisotopic (exact) mass is 402 g/mol. The maximum absolute atomic E-state index is 13.3. The molecule has 0 radical (unpaired) electrons. The number of halogens is 1. The molecule has 1 aliphatic heterocycles. The number of nitrogens with one attached hydrogen (secondary N) is 1. The van der Waals surface area contributed by atoms with Crippen molar-refractivity contribution in [2.75, 3.05) is 19.6 Å². The van der Waals surface area contributed by atoms with E-state index in [-0.39, 0.29) is 23.4 Å². The van der Waals surface area contributed by atoms with Crippen LogP contribution in [0.2, 0.25) is 0 Å². The minimum Gasteiger partial charge on any atom is -0.443 e. The number of aliphatic imine (C=N–C) groups is 1. The Balaban J connectivity index is 1.75. The minimum atomic E-state index is -0.245. The molecular formula is C22H31FN4O2. The van der Waals surface area contributed by atoms with Gasteiger partial charge in [-0.1, -0.05) is 32.9 Å². The highest BCUT2D eigenvalue weighted by molar-refractivity contribution is 5.80. The summed E-state index contributed by atoms with van der Waals surface area (Å²) >= 11 is 0. The van der Waals surface area contributed by atoms with Crippen LogP contribution >= 0.6 is 0 Å². The second-order valence-electron chi connectivity index (χ2n) is 8.43. The van der Waals surface area contributed by atoms with Gasteiger partial charge in [-0.3, -0.25) is 0 Å². The molecule has 0 spiro atoms. The lowest BCUT2D eigenvalue weighted by molar-refractivity contribution is -0.0605. The summed E-state index contributed by atoms with van der Waals surface area (Å²) in [5.41, 5.74) is 0.878. The molecule has 29 heavy (non-hydrogen) atoms. The van der Waals surface area contributed by atoms with E-state index in [2.05, 4.69) is 36.0 Å². The molecule has 1 saturated heterocycles. The van der Waals surface area contributed by atoms with Gasteiger partial charge in [-0.25, -0.2) is 14.4 Å². The van der Waals surface area contributed by atoms with Crippen molar-refractivity contribution in [3.63, 3.8) is 0 Å². The van der Waals surface area contributed by atoms with Gasteiger partial charge < -0.3 is 19.4 Å². The zero-order valence-corrected chi connectivity index (χ0v) is 17.9. The Morgan fingerprint density at radius 1 is 1.28 bits per heavy atom. The van der Waals surface area contributed by atoms with Gasteiger partial charge in [-0.05, 0) is 31.5 Å². The summed E-state index contributed by atoms with van der Waals surface area (Å²) in [6, 6.07) is 6.50. The molecular weight excluding hydrogens is 371 g/mol. The van der Waals surface area contributed by atoms with E-state index in [1.165, 1.54) is 12.1 Å². The van der Waals surface area contributed by atoms with Crippen LogP contribution < -0.4 is 5.32 Å². The molecule has 2 atom stereocenters. The van der Waals surface area contributed by atoms with Gasteiger partial charge in [0.2, 0.25) is 5.89 Å². The fourth-order valence-electron chi connectivity index (χ4n) is 3.28. The predicted octanol–water partition coefficient (Wildman–Crippen LogP) is 4.04. The van der Waals surface area contributed by atoms with Crippen LogP contribution in [0.25, 0.3) is 0 Å². The largest absolute Gasteiger partial charge is 0.443 e. The van der Waals surface area contributed by atoms with Crippen molar-refractivity contribution in [1.29, 1.82) is 0 Å². The molecule has 1 N–H and O–H groups in total. The molecule has 1 aliphatic rings. The Morgan fingerprint density at radius 3 is 2.62 bits per heavy atom. The van der Waals surface area contributed by atoms with Crippen LogP contribution in [0.3, 0.4) is 0 Å². The second kappa shape index (κ2) is 8.95. The lowest BCUT2D eigenvalue weighted by Crippen LogP contribution is -2.50. The molecule has 7 heteroatoms. The zero-order chi connectivity index (χ0) is 21.0. The van der Waals surface area contributed by atoms with Gasteiger partial charge in [-0.15, -0.1) is 0 Å². The van der Waals surface area contributed by atoms with E-state index in [1.54, 1.807) is 18.3 Å². The summed E-state index contributed by atoms with van der Waals surface area (Å²) < 4.78 is 25.2. The summed E-state index contributed by atoms with van der Waals surface area (Å²) in [6.45, 7) is 12.8. The number of guanidine groups is 1. The molecule has 2 unspecified atom stereocenters. The van der Waals surface area contributed by atoms with Crippen LogP contribution in [0.15, 0.2) is 39.9 Å². The number of nitrogens with zero attached hydrogens (tertiary/aromatic N) is 3. The Hall–Kier alpha value is -2.41. The highest BCUT2D eigenvalue weighted by Gasteiger charge is 2.28. The minimum absolute atomic E-state index is 0.0249. The van der Waals surface area contributed by atoms with Crippen molar-refractivity contribution in [3.8, 4) is 0 Å². The van der Waals surface area contributed by atoms with E-state index in [0.717, 1.165) is 30.4 Å². The highest BCUT2D eigenvalue weighted by Crippen LogP contribution is 2.26. The van der Waals surface area contributed by atoms with Gasteiger partial charge in [0, 0.05) is 18.5 Å². The van der Waals surface area contributed by atoms with E-state index in [1.807, 2.05) is 13.8 Å². The normalized spacial score (nSPS) is 20.8. The molecule has 2 heterocycles. The maximum Gasteiger partial charge on any atom is 0.216 e. The van der Waals surface area contributed by atoms with E-state index >= 15 is 0 Å². The Morgan fingerprint density at radius 2 is 2.00 bits per heavy atom. The molecule has 3 rings (SSSR count). The standard InChI is InChI=1S/C22H31FN4O2/c1-6-24-21(26-12-20-25-11-19(29-20)22(3,4)5)27-13-15(2)28-18(14-27)16-7-9-17(23)10-8-16/h7-11,15,18H,6,12-14H2,1-5H3,(H,24,26). The zero-order valence-electron chi connectivity index (χ0n) is 17.9. The quantitative estimate of drug-likeness (QED) is 0.618. The molecule has 0 saturated carbocycles. The maximum atomic E-state index is 13.3. The summed E-state index contributed by atoms with van der Waals surface area (Å²) in [5, 5.41) is 3.35. The lowest BCUT2D eigenvalue weighted by atomic mass is 9.94. The first-order valence-corrected chi connectivity index (χ1v) is 10.2. The second-order valence-corrected chi connectivity index (χ2v) is 8.43. The molecule has 1 aromatic carbocycles. The SMILES string of the molecule is CCNC(=NCc1ncc(C(C)(C)C)o1)N1CC(C)OC(c2ccc(F)cc2)C1.